The molecular weight excluding hydrogens is 368 g/mol. The average Bonchev–Trinajstić information content (AvgIpc) is 3.24. The van der Waals surface area contributed by atoms with Crippen LogP contribution in [0, 0.1) is 5.92 Å². The largest absolute Gasteiger partial charge is 0.356 e. The quantitative estimate of drug-likeness (QED) is 0.653. The third-order valence-electron chi connectivity index (χ3n) is 6.07. The van der Waals surface area contributed by atoms with Crippen LogP contribution < -0.4 is 10.5 Å². The van der Waals surface area contributed by atoms with Crippen molar-refractivity contribution in [2.24, 2.45) is 5.92 Å². The highest BCUT2D eigenvalue weighted by Crippen LogP contribution is 2.36. The molecule has 5 rings (SSSR count). The Morgan fingerprint density at radius 1 is 1.00 bits per heavy atom. The molecule has 150 valence electrons. The predicted octanol–water partition coefficient (Wildman–Crippen LogP) is 1.80. The van der Waals surface area contributed by atoms with E-state index in [1.165, 1.54) is 31.3 Å². The standard InChI is InChI=1S/C20H24N8O/c29-20-5-4-18(28-14-21-12-24-28)25-27(20)11-15-6-8-26(9-7-15)19-10-17(22-13-23-19)16-2-1-3-16/h4-5,10,12-16H,1-3,6-9,11H2. The van der Waals surface area contributed by atoms with E-state index < -0.39 is 0 Å². The topological polar surface area (TPSA) is 94.6 Å². The second kappa shape index (κ2) is 7.73. The molecule has 0 atom stereocenters. The summed E-state index contributed by atoms with van der Waals surface area (Å²) in [5.41, 5.74) is 1.10. The minimum atomic E-state index is -0.0859. The van der Waals surface area contributed by atoms with Crippen LogP contribution in [0.15, 0.2) is 42.0 Å². The molecule has 9 heteroatoms. The van der Waals surface area contributed by atoms with Crippen LogP contribution in [0.2, 0.25) is 0 Å². The zero-order chi connectivity index (χ0) is 19.6. The first-order chi connectivity index (χ1) is 14.3. The molecule has 0 radical (unpaired) electrons. The van der Waals surface area contributed by atoms with Gasteiger partial charge < -0.3 is 4.90 Å². The van der Waals surface area contributed by atoms with Crippen LogP contribution in [-0.4, -0.2) is 47.6 Å². The number of anilines is 1. The van der Waals surface area contributed by atoms with E-state index >= 15 is 0 Å². The molecule has 29 heavy (non-hydrogen) atoms. The highest BCUT2D eigenvalue weighted by atomic mass is 16.1. The Labute approximate surface area is 168 Å². The summed E-state index contributed by atoms with van der Waals surface area (Å²) >= 11 is 0. The van der Waals surface area contributed by atoms with E-state index in [4.69, 9.17) is 0 Å². The first-order valence-electron chi connectivity index (χ1n) is 10.3. The lowest BCUT2D eigenvalue weighted by Gasteiger charge is -2.33. The van der Waals surface area contributed by atoms with Crippen molar-refractivity contribution in [3.05, 3.63) is 53.2 Å². The Bertz CT molecular complexity index is 1020. The molecule has 9 nitrogen and oxygen atoms in total. The fourth-order valence-corrected chi connectivity index (χ4v) is 4.07. The average molecular weight is 392 g/mol. The molecule has 3 aromatic rings. The van der Waals surface area contributed by atoms with E-state index in [1.54, 1.807) is 34.2 Å². The Morgan fingerprint density at radius 2 is 1.86 bits per heavy atom. The van der Waals surface area contributed by atoms with Gasteiger partial charge in [-0.25, -0.2) is 24.3 Å². The van der Waals surface area contributed by atoms with Crippen LogP contribution >= 0.6 is 0 Å². The highest BCUT2D eigenvalue weighted by Gasteiger charge is 2.24. The van der Waals surface area contributed by atoms with Crippen molar-refractivity contribution in [2.75, 3.05) is 18.0 Å². The second-order valence-corrected chi connectivity index (χ2v) is 7.91. The normalized spacial score (nSPS) is 18.0. The first kappa shape index (κ1) is 18.0. The second-order valence-electron chi connectivity index (χ2n) is 7.91. The van der Waals surface area contributed by atoms with Crippen LogP contribution in [0.1, 0.15) is 43.7 Å². The van der Waals surface area contributed by atoms with Crippen molar-refractivity contribution < 1.29 is 0 Å². The molecule has 0 bridgehead atoms. The number of aromatic nitrogens is 7. The first-order valence-corrected chi connectivity index (χ1v) is 10.3. The molecule has 0 spiro atoms. The summed E-state index contributed by atoms with van der Waals surface area (Å²) < 4.78 is 3.12. The summed E-state index contributed by atoms with van der Waals surface area (Å²) in [4.78, 5) is 27.5. The van der Waals surface area contributed by atoms with Crippen LogP contribution in [-0.2, 0) is 6.54 Å². The van der Waals surface area contributed by atoms with Gasteiger partial charge in [-0.3, -0.25) is 4.79 Å². The maximum absolute atomic E-state index is 12.3. The molecule has 4 heterocycles. The van der Waals surface area contributed by atoms with Gasteiger partial charge in [0.05, 0.1) is 0 Å². The van der Waals surface area contributed by atoms with E-state index in [2.05, 4.69) is 36.1 Å². The molecule has 0 unspecified atom stereocenters. The summed E-state index contributed by atoms with van der Waals surface area (Å²) in [6.07, 6.45) is 10.5. The number of piperidine rings is 1. The molecule has 1 saturated heterocycles. The lowest BCUT2D eigenvalue weighted by Crippen LogP contribution is -2.37. The summed E-state index contributed by atoms with van der Waals surface area (Å²) in [6.45, 7) is 2.49. The van der Waals surface area contributed by atoms with E-state index in [1.807, 2.05) is 0 Å². The lowest BCUT2D eigenvalue weighted by molar-refractivity contribution is 0.333. The zero-order valence-electron chi connectivity index (χ0n) is 16.3. The van der Waals surface area contributed by atoms with Crippen molar-refractivity contribution in [1.29, 1.82) is 0 Å². The predicted molar refractivity (Wildman–Crippen MR) is 107 cm³/mol. The van der Waals surface area contributed by atoms with Crippen molar-refractivity contribution in [1.82, 2.24) is 34.5 Å². The SMILES string of the molecule is O=c1ccc(-n2cncn2)nn1CC1CCN(c2cc(C3CCC3)ncn2)CC1. The van der Waals surface area contributed by atoms with Gasteiger partial charge in [-0.1, -0.05) is 6.42 Å². The van der Waals surface area contributed by atoms with Crippen molar-refractivity contribution in [3.63, 3.8) is 0 Å². The number of nitrogens with zero attached hydrogens (tertiary/aromatic N) is 8. The van der Waals surface area contributed by atoms with Crippen molar-refractivity contribution in [2.45, 2.75) is 44.6 Å². The fourth-order valence-electron chi connectivity index (χ4n) is 4.07. The molecule has 1 aliphatic heterocycles. The van der Waals surface area contributed by atoms with Gasteiger partial charge in [0, 0.05) is 43.4 Å². The van der Waals surface area contributed by atoms with E-state index in [9.17, 15) is 4.79 Å². The molecule has 0 aromatic carbocycles. The molecule has 2 fully saturated rings. The molecule has 0 N–H and O–H groups in total. The maximum atomic E-state index is 12.3. The van der Waals surface area contributed by atoms with Gasteiger partial charge in [-0.15, -0.1) is 5.10 Å². The highest BCUT2D eigenvalue weighted by molar-refractivity contribution is 5.40. The Morgan fingerprint density at radius 3 is 2.59 bits per heavy atom. The number of hydrogen-bond donors (Lipinski definition) is 0. The van der Waals surface area contributed by atoms with Gasteiger partial charge in [-0.2, -0.15) is 5.10 Å². The van der Waals surface area contributed by atoms with Crippen LogP contribution in [0.5, 0.6) is 0 Å². The smallest absolute Gasteiger partial charge is 0.266 e. The number of rotatable bonds is 5. The minimum absolute atomic E-state index is 0.0859. The Kier molecular flexibility index (Phi) is 4.79. The van der Waals surface area contributed by atoms with E-state index in [0.717, 1.165) is 31.7 Å². The van der Waals surface area contributed by atoms with Crippen molar-refractivity contribution >= 4 is 5.82 Å². The van der Waals surface area contributed by atoms with Gasteiger partial charge in [0.1, 0.15) is 24.8 Å². The van der Waals surface area contributed by atoms with Crippen LogP contribution in [0.3, 0.4) is 0 Å². The van der Waals surface area contributed by atoms with Gasteiger partial charge >= 0.3 is 0 Å². The van der Waals surface area contributed by atoms with Crippen LogP contribution in [0.4, 0.5) is 5.82 Å². The van der Waals surface area contributed by atoms with E-state index in [0.29, 0.717) is 24.2 Å². The summed E-state index contributed by atoms with van der Waals surface area (Å²) in [5.74, 6) is 2.66. The summed E-state index contributed by atoms with van der Waals surface area (Å²) in [5, 5.41) is 8.55. The minimum Gasteiger partial charge on any atom is -0.356 e. The van der Waals surface area contributed by atoms with Gasteiger partial charge in [0.25, 0.3) is 5.56 Å². The van der Waals surface area contributed by atoms with E-state index in [-0.39, 0.29) is 5.56 Å². The maximum Gasteiger partial charge on any atom is 0.266 e. The molecule has 3 aromatic heterocycles. The third kappa shape index (κ3) is 3.76. The van der Waals surface area contributed by atoms with Gasteiger partial charge in [0.15, 0.2) is 5.82 Å². The molecule has 1 aliphatic carbocycles. The molecule has 0 amide bonds. The summed E-state index contributed by atoms with van der Waals surface area (Å²) in [7, 11) is 0. The fraction of sp³-hybridized carbons (Fsp3) is 0.500. The monoisotopic (exact) mass is 392 g/mol. The van der Waals surface area contributed by atoms with Crippen LogP contribution in [0.25, 0.3) is 5.82 Å². The Hall–Kier alpha value is -3.10. The van der Waals surface area contributed by atoms with Gasteiger partial charge in [0.2, 0.25) is 0 Å². The zero-order valence-corrected chi connectivity index (χ0v) is 16.3. The molecule has 1 saturated carbocycles. The molecular formula is C20H24N8O. The number of hydrogen-bond acceptors (Lipinski definition) is 7. The Balaban J connectivity index is 1.24. The molecule has 2 aliphatic rings. The summed E-state index contributed by atoms with van der Waals surface area (Å²) in [6, 6.07) is 5.38. The third-order valence-corrected chi connectivity index (χ3v) is 6.07. The van der Waals surface area contributed by atoms with Crippen molar-refractivity contribution in [3.8, 4) is 5.82 Å². The van der Waals surface area contributed by atoms with Gasteiger partial charge in [-0.05, 0) is 37.7 Å². The lowest BCUT2D eigenvalue weighted by atomic mass is 9.83.